The number of primary sulfonamides is 1. The first-order chi connectivity index (χ1) is 9.05. The smallest absolute Gasteiger partial charge is 0.238 e. The van der Waals surface area contributed by atoms with Gasteiger partial charge in [0, 0.05) is 17.3 Å². The molecule has 0 unspecified atom stereocenters. The van der Waals surface area contributed by atoms with Gasteiger partial charge in [-0.15, -0.1) is 0 Å². The number of para-hydroxylation sites is 1. The molecule has 0 atom stereocenters. The van der Waals surface area contributed by atoms with Crippen molar-refractivity contribution in [1.82, 2.24) is 4.57 Å². The van der Waals surface area contributed by atoms with Gasteiger partial charge in [0.1, 0.15) is 0 Å². The third kappa shape index (κ3) is 2.14. The molecule has 0 saturated heterocycles. The normalized spacial score (nSPS) is 11.8. The summed E-state index contributed by atoms with van der Waals surface area (Å²) in [7, 11) is -3.68. The fourth-order valence-electron chi connectivity index (χ4n) is 2.10. The summed E-state index contributed by atoms with van der Waals surface area (Å²) in [6.07, 6.45) is 1.91. The third-order valence-corrected chi connectivity index (χ3v) is 3.94. The summed E-state index contributed by atoms with van der Waals surface area (Å²) in [6, 6.07) is 16.5. The number of hydrogen-bond donors (Lipinski definition) is 1. The van der Waals surface area contributed by atoms with E-state index in [1.807, 2.05) is 47.2 Å². The van der Waals surface area contributed by atoms with Crippen LogP contribution in [0.1, 0.15) is 0 Å². The number of aromatic nitrogens is 1. The van der Waals surface area contributed by atoms with Crippen LogP contribution in [0.2, 0.25) is 0 Å². The van der Waals surface area contributed by atoms with E-state index in [0.29, 0.717) is 0 Å². The topological polar surface area (TPSA) is 65.1 Å². The van der Waals surface area contributed by atoms with Crippen molar-refractivity contribution < 1.29 is 8.42 Å². The SMILES string of the molecule is NS(=O)(=O)c1ccc2ccn(-c3ccccc3)c2c1. The molecule has 0 saturated carbocycles. The van der Waals surface area contributed by atoms with E-state index >= 15 is 0 Å². The Balaban J connectivity index is 2.28. The zero-order valence-electron chi connectivity index (χ0n) is 10.0. The second-order valence-electron chi connectivity index (χ2n) is 4.29. The van der Waals surface area contributed by atoms with Crippen LogP contribution in [0.5, 0.6) is 0 Å². The minimum absolute atomic E-state index is 0.121. The number of sulfonamides is 1. The van der Waals surface area contributed by atoms with E-state index in [1.54, 1.807) is 12.1 Å². The van der Waals surface area contributed by atoms with E-state index in [0.717, 1.165) is 16.6 Å². The molecule has 0 aliphatic carbocycles. The van der Waals surface area contributed by atoms with Gasteiger partial charge < -0.3 is 4.57 Å². The van der Waals surface area contributed by atoms with Crippen LogP contribution in [-0.2, 0) is 10.0 Å². The van der Waals surface area contributed by atoms with Crippen molar-refractivity contribution in [3.8, 4) is 5.69 Å². The van der Waals surface area contributed by atoms with Crippen LogP contribution < -0.4 is 5.14 Å². The van der Waals surface area contributed by atoms with Gasteiger partial charge >= 0.3 is 0 Å². The van der Waals surface area contributed by atoms with Gasteiger partial charge in [0.25, 0.3) is 0 Å². The molecule has 2 aromatic carbocycles. The van der Waals surface area contributed by atoms with Gasteiger partial charge in [0.15, 0.2) is 0 Å². The van der Waals surface area contributed by atoms with Crippen LogP contribution in [0.25, 0.3) is 16.6 Å². The molecule has 4 nitrogen and oxygen atoms in total. The summed E-state index contributed by atoms with van der Waals surface area (Å²) in [6.45, 7) is 0. The summed E-state index contributed by atoms with van der Waals surface area (Å²) >= 11 is 0. The van der Waals surface area contributed by atoms with Crippen molar-refractivity contribution in [1.29, 1.82) is 0 Å². The zero-order valence-corrected chi connectivity index (χ0v) is 10.8. The Hall–Kier alpha value is -2.11. The standard InChI is InChI=1S/C14H12N2O2S/c15-19(17,18)13-7-6-11-8-9-16(14(11)10-13)12-4-2-1-3-5-12/h1-10H,(H2,15,17,18). The summed E-state index contributed by atoms with van der Waals surface area (Å²) in [5.74, 6) is 0. The fraction of sp³-hybridized carbons (Fsp3) is 0. The molecule has 0 radical (unpaired) electrons. The van der Waals surface area contributed by atoms with E-state index in [4.69, 9.17) is 5.14 Å². The number of nitrogens with zero attached hydrogens (tertiary/aromatic N) is 1. The summed E-state index contributed by atoms with van der Waals surface area (Å²) in [5.41, 5.74) is 1.79. The molecule has 5 heteroatoms. The van der Waals surface area contributed by atoms with E-state index in [9.17, 15) is 8.42 Å². The van der Waals surface area contributed by atoms with Gasteiger partial charge in [-0.05, 0) is 30.3 Å². The second-order valence-corrected chi connectivity index (χ2v) is 5.85. The number of hydrogen-bond acceptors (Lipinski definition) is 2. The Morgan fingerprint density at radius 2 is 1.68 bits per heavy atom. The first kappa shape index (κ1) is 12.0. The molecule has 0 fully saturated rings. The third-order valence-electron chi connectivity index (χ3n) is 3.03. The minimum atomic E-state index is -3.68. The predicted octanol–water partition coefficient (Wildman–Crippen LogP) is 2.28. The molecule has 19 heavy (non-hydrogen) atoms. The molecule has 0 spiro atoms. The molecule has 3 aromatic rings. The van der Waals surface area contributed by atoms with Crippen LogP contribution in [0.3, 0.4) is 0 Å². The Bertz CT molecular complexity index is 836. The number of benzene rings is 2. The largest absolute Gasteiger partial charge is 0.317 e. The molecule has 0 amide bonds. The minimum Gasteiger partial charge on any atom is -0.317 e. The Labute approximate surface area is 111 Å². The maximum Gasteiger partial charge on any atom is 0.238 e. The monoisotopic (exact) mass is 272 g/mol. The molecule has 1 heterocycles. The molecule has 96 valence electrons. The Morgan fingerprint density at radius 3 is 2.37 bits per heavy atom. The fourth-order valence-corrected chi connectivity index (χ4v) is 2.63. The van der Waals surface area contributed by atoms with Crippen molar-refractivity contribution in [2.75, 3.05) is 0 Å². The predicted molar refractivity (Wildman–Crippen MR) is 74.6 cm³/mol. The maximum atomic E-state index is 11.4. The Morgan fingerprint density at radius 1 is 0.947 bits per heavy atom. The molecular weight excluding hydrogens is 260 g/mol. The van der Waals surface area contributed by atoms with Crippen LogP contribution >= 0.6 is 0 Å². The summed E-state index contributed by atoms with van der Waals surface area (Å²) < 4.78 is 24.8. The van der Waals surface area contributed by atoms with Crippen LogP contribution in [0.15, 0.2) is 65.7 Å². The van der Waals surface area contributed by atoms with Gasteiger partial charge in [0.05, 0.1) is 10.4 Å². The van der Waals surface area contributed by atoms with Crippen molar-refractivity contribution in [3.63, 3.8) is 0 Å². The van der Waals surface area contributed by atoms with Crippen LogP contribution in [-0.4, -0.2) is 13.0 Å². The van der Waals surface area contributed by atoms with Crippen molar-refractivity contribution in [2.45, 2.75) is 4.90 Å². The summed E-state index contributed by atoms with van der Waals surface area (Å²) in [4.78, 5) is 0.121. The first-order valence-electron chi connectivity index (χ1n) is 5.75. The highest BCUT2D eigenvalue weighted by molar-refractivity contribution is 7.89. The number of rotatable bonds is 2. The van der Waals surface area contributed by atoms with E-state index < -0.39 is 10.0 Å². The molecule has 2 N–H and O–H groups in total. The lowest BCUT2D eigenvalue weighted by atomic mass is 10.2. The van der Waals surface area contributed by atoms with Gasteiger partial charge in [-0.3, -0.25) is 0 Å². The van der Waals surface area contributed by atoms with Crippen LogP contribution in [0.4, 0.5) is 0 Å². The van der Waals surface area contributed by atoms with Gasteiger partial charge in [-0.25, -0.2) is 13.6 Å². The van der Waals surface area contributed by atoms with Gasteiger partial charge in [-0.1, -0.05) is 24.3 Å². The molecule has 0 bridgehead atoms. The zero-order chi connectivity index (χ0) is 13.5. The molecule has 3 rings (SSSR count). The lowest BCUT2D eigenvalue weighted by molar-refractivity contribution is 0.598. The molecule has 0 aliphatic rings. The second kappa shape index (κ2) is 4.22. The lowest BCUT2D eigenvalue weighted by Crippen LogP contribution is -2.12. The molecule has 1 aromatic heterocycles. The average molecular weight is 272 g/mol. The lowest BCUT2D eigenvalue weighted by Gasteiger charge is -2.06. The highest BCUT2D eigenvalue weighted by Gasteiger charge is 2.10. The van der Waals surface area contributed by atoms with Gasteiger partial charge in [0.2, 0.25) is 10.0 Å². The number of fused-ring (bicyclic) bond motifs is 1. The highest BCUT2D eigenvalue weighted by atomic mass is 32.2. The molecular formula is C14H12N2O2S. The summed E-state index contributed by atoms with van der Waals surface area (Å²) in [5, 5.41) is 6.14. The average Bonchev–Trinajstić information content (AvgIpc) is 2.81. The van der Waals surface area contributed by atoms with Crippen molar-refractivity contribution in [2.24, 2.45) is 5.14 Å². The highest BCUT2D eigenvalue weighted by Crippen LogP contribution is 2.23. The molecule has 0 aliphatic heterocycles. The van der Waals surface area contributed by atoms with E-state index in [2.05, 4.69) is 0 Å². The van der Waals surface area contributed by atoms with Crippen LogP contribution in [0, 0.1) is 0 Å². The quantitative estimate of drug-likeness (QED) is 0.777. The van der Waals surface area contributed by atoms with Crippen molar-refractivity contribution in [3.05, 3.63) is 60.8 Å². The number of nitrogens with two attached hydrogens (primary N) is 1. The van der Waals surface area contributed by atoms with Gasteiger partial charge in [-0.2, -0.15) is 0 Å². The first-order valence-corrected chi connectivity index (χ1v) is 7.30. The Kier molecular flexibility index (Phi) is 2.66. The van der Waals surface area contributed by atoms with E-state index in [-0.39, 0.29) is 4.90 Å². The van der Waals surface area contributed by atoms with Crippen molar-refractivity contribution >= 4 is 20.9 Å². The maximum absolute atomic E-state index is 11.4. The van der Waals surface area contributed by atoms with E-state index in [1.165, 1.54) is 6.07 Å².